The Balaban J connectivity index is 2.33. The molecule has 0 radical (unpaired) electrons. The molecule has 1 heterocycles. The molecule has 100 valence electrons. The number of benzene rings is 2. The van der Waals surface area contributed by atoms with Crippen LogP contribution in [0.4, 0.5) is 10.5 Å². The van der Waals surface area contributed by atoms with E-state index in [1.54, 1.807) is 0 Å². The molecule has 3 rings (SSSR count). The molecule has 0 spiro atoms. The summed E-state index contributed by atoms with van der Waals surface area (Å²) in [5.41, 5.74) is 15.7. The molecule has 4 nitrogen and oxygen atoms in total. The maximum absolute atomic E-state index is 11.6. The summed E-state index contributed by atoms with van der Waals surface area (Å²) in [7, 11) is 0. The van der Waals surface area contributed by atoms with Crippen LogP contribution in [0.15, 0.2) is 48.5 Å². The van der Waals surface area contributed by atoms with Gasteiger partial charge in [0.1, 0.15) is 0 Å². The summed E-state index contributed by atoms with van der Waals surface area (Å²) in [6, 6.07) is 15.0. The average molecular weight is 265 g/mol. The molecule has 0 aliphatic heterocycles. The van der Waals surface area contributed by atoms with Crippen LogP contribution in [0.1, 0.15) is 5.69 Å². The third kappa shape index (κ3) is 1.82. The summed E-state index contributed by atoms with van der Waals surface area (Å²) in [5, 5.41) is 0.995. The second-order valence-corrected chi connectivity index (χ2v) is 4.82. The lowest BCUT2D eigenvalue weighted by atomic mass is 10.0. The summed E-state index contributed by atoms with van der Waals surface area (Å²) < 4.78 is 1.52. The van der Waals surface area contributed by atoms with E-state index in [9.17, 15) is 4.79 Å². The van der Waals surface area contributed by atoms with Crippen molar-refractivity contribution in [3.63, 3.8) is 0 Å². The predicted molar refractivity (Wildman–Crippen MR) is 81.5 cm³/mol. The number of rotatable bonds is 1. The van der Waals surface area contributed by atoms with E-state index < -0.39 is 6.03 Å². The van der Waals surface area contributed by atoms with Gasteiger partial charge in [0.05, 0.1) is 5.52 Å². The number of nitrogens with two attached hydrogens (primary N) is 2. The lowest BCUT2D eigenvalue weighted by molar-refractivity contribution is 0.251. The van der Waals surface area contributed by atoms with Gasteiger partial charge in [0, 0.05) is 16.8 Å². The van der Waals surface area contributed by atoms with Crippen LogP contribution in [0, 0.1) is 6.92 Å². The van der Waals surface area contributed by atoms with Gasteiger partial charge in [-0.3, -0.25) is 4.57 Å². The Hall–Kier alpha value is -2.75. The largest absolute Gasteiger partial charge is 0.399 e. The fourth-order valence-corrected chi connectivity index (χ4v) is 2.61. The molecule has 2 aromatic carbocycles. The molecule has 0 fully saturated rings. The lowest BCUT2D eigenvalue weighted by Gasteiger charge is -2.06. The van der Waals surface area contributed by atoms with E-state index in [0.29, 0.717) is 5.69 Å². The Morgan fingerprint density at radius 3 is 2.55 bits per heavy atom. The molecule has 3 aromatic rings. The Morgan fingerprint density at radius 1 is 1.10 bits per heavy atom. The van der Waals surface area contributed by atoms with Crippen molar-refractivity contribution >= 4 is 22.6 Å². The lowest BCUT2D eigenvalue weighted by Crippen LogP contribution is -2.20. The van der Waals surface area contributed by atoms with Crippen molar-refractivity contribution in [2.45, 2.75) is 6.92 Å². The number of hydrogen-bond acceptors (Lipinski definition) is 2. The van der Waals surface area contributed by atoms with E-state index in [4.69, 9.17) is 11.5 Å². The molecule has 4 N–H and O–H groups in total. The molecule has 4 heteroatoms. The zero-order chi connectivity index (χ0) is 14.3. The van der Waals surface area contributed by atoms with Crippen LogP contribution in [0.25, 0.3) is 22.0 Å². The van der Waals surface area contributed by atoms with Crippen molar-refractivity contribution in [2.75, 3.05) is 5.73 Å². The summed E-state index contributed by atoms with van der Waals surface area (Å²) in [5.74, 6) is 0. The highest BCUT2D eigenvalue weighted by Gasteiger charge is 2.13. The molecule has 1 amide bonds. The summed E-state index contributed by atoms with van der Waals surface area (Å²) in [4.78, 5) is 11.6. The van der Waals surface area contributed by atoms with Crippen LogP contribution in [-0.4, -0.2) is 10.6 Å². The highest BCUT2D eigenvalue weighted by Crippen LogP contribution is 2.31. The number of carbonyl (C=O) groups excluding carboxylic acids is 1. The van der Waals surface area contributed by atoms with Crippen LogP contribution >= 0.6 is 0 Å². The first-order valence-corrected chi connectivity index (χ1v) is 6.35. The van der Waals surface area contributed by atoms with Gasteiger partial charge in [-0.2, -0.15) is 0 Å². The first-order valence-electron chi connectivity index (χ1n) is 6.35. The number of nitrogen functional groups attached to an aromatic ring is 1. The third-order valence-electron chi connectivity index (χ3n) is 3.45. The van der Waals surface area contributed by atoms with Gasteiger partial charge in [0.2, 0.25) is 0 Å². The number of aryl methyl sites for hydroxylation is 1. The minimum absolute atomic E-state index is 0.470. The van der Waals surface area contributed by atoms with E-state index in [2.05, 4.69) is 0 Å². The van der Waals surface area contributed by atoms with Crippen LogP contribution in [0.5, 0.6) is 0 Å². The minimum Gasteiger partial charge on any atom is -0.399 e. The second kappa shape index (κ2) is 4.42. The van der Waals surface area contributed by atoms with Gasteiger partial charge in [0.25, 0.3) is 0 Å². The fraction of sp³-hybridized carbons (Fsp3) is 0.0625. The molecule has 20 heavy (non-hydrogen) atoms. The molecule has 0 aliphatic rings. The van der Waals surface area contributed by atoms with Crippen molar-refractivity contribution in [1.82, 2.24) is 4.57 Å². The molecule has 0 saturated heterocycles. The van der Waals surface area contributed by atoms with Crippen LogP contribution in [0.2, 0.25) is 0 Å². The predicted octanol–water partition coefficient (Wildman–Crippen LogP) is 3.13. The Labute approximate surface area is 116 Å². The summed E-state index contributed by atoms with van der Waals surface area (Å²) >= 11 is 0. The molecule has 0 unspecified atom stereocenters. The number of anilines is 1. The molecule has 0 saturated carbocycles. The summed E-state index contributed by atoms with van der Waals surface area (Å²) in [6.45, 7) is 1.87. The van der Waals surface area contributed by atoms with Gasteiger partial charge in [-0.1, -0.05) is 24.3 Å². The van der Waals surface area contributed by atoms with Crippen molar-refractivity contribution in [3.05, 3.63) is 54.2 Å². The first kappa shape index (κ1) is 12.3. The van der Waals surface area contributed by atoms with Crippen LogP contribution in [-0.2, 0) is 0 Å². The Bertz CT molecular complexity index is 818. The SMILES string of the molecule is Cc1cc2c(-c3cccc(N)c3)cccc2n1C(N)=O. The number of fused-ring (bicyclic) bond motifs is 1. The van der Waals surface area contributed by atoms with E-state index in [-0.39, 0.29) is 0 Å². The quantitative estimate of drug-likeness (QED) is 0.663. The van der Waals surface area contributed by atoms with Crippen molar-refractivity contribution < 1.29 is 4.79 Å². The minimum atomic E-state index is -0.470. The van der Waals surface area contributed by atoms with Crippen LogP contribution < -0.4 is 11.5 Å². The van der Waals surface area contributed by atoms with E-state index in [1.807, 2.05) is 55.5 Å². The van der Waals surface area contributed by atoms with Gasteiger partial charge < -0.3 is 11.5 Å². The zero-order valence-corrected chi connectivity index (χ0v) is 11.1. The smallest absolute Gasteiger partial charge is 0.323 e. The Morgan fingerprint density at radius 2 is 1.85 bits per heavy atom. The normalized spacial score (nSPS) is 10.8. The number of amides is 1. The fourth-order valence-electron chi connectivity index (χ4n) is 2.61. The van der Waals surface area contributed by atoms with E-state index in [1.165, 1.54) is 4.57 Å². The van der Waals surface area contributed by atoms with E-state index >= 15 is 0 Å². The van der Waals surface area contributed by atoms with Crippen molar-refractivity contribution in [3.8, 4) is 11.1 Å². The molecular formula is C16H15N3O. The van der Waals surface area contributed by atoms with Gasteiger partial charge in [-0.05, 0) is 42.3 Å². The maximum atomic E-state index is 11.6. The van der Waals surface area contributed by atoms with Gasteiger partial charge in [0.15, 0.2) is 0 Å². The average Bonchev–Trinajstić information content (AvgIpc) is 2.74. The maximum Gasteiger partial charge on any atom is 0.323 e. The number of carbonyl (C=O) groups is 1. The molecule has 1 aromatic heterocycles. The van der Waals surface area contributed by atoms with E-state index in [0.717, 1.165) is 27.7 Å². The number of hydrogen-bond donors (Lipinski definition) is 2. The number of nitrogens with zero attached hydrogens (tertiary/aromatic N) is 1. The van der Waals surface area contributed by atoms with Crippen LogP contribution in [0.3, 0.4) is 0 Å². The van der Waals surface area contributed by atoms with Gasteiger partial charge >= 0.3 is 6.03 Å². The van der Waals surface area contributed by atoms with Gasteiger partial charge in [-0.25, -0.2) is 4.79 Å². The monoisotopic (exact) mass is 265 g/mol. The zero-order valence-electron chi connectivity index (χ0n) is 11.1. The highest BCUT2D eigenvalue weighted by molar-refractivity contribution is 6.00. The van der Waals surface area contributed by atoms with Gasteiger partial charge in [-0.15, -0.1) is 0 Å². The standard InChI is InChI=1S/C16H15N3O/c1-10-8-14-13(11-4-2-5-12(17)9-11)6-3-7-15(14)19(10)16(18)20/h2-9H,17H2,1H3,(H2,18,20). The first-order chi connectivity index (χ1) is 9.58. The topological polar surface area (TPSA) is 74.0 Å². The third-order valence-corrected chi connectivity index (χ3v) is 3.45. The van der Waals surface area contributed by atoms with Crippen molar-refractivity contribution in [2.24, 2.45) is 5.73 Å². The molecular weight excluding hydrogens is 250 g/mol. The highest BCUT2D eigenvalue weighted by atomic mass is 16.2. The van der Waals surface area contributed by atoms with Crippen molar-refractivity contribution in [1.29, 1.82) is 0 Å². The molecule has 0 bridgehead atoms. The number of primary amides is 1. The Kier molecular flexibility index (Phi) is 2.71. The summed E-state index contributed by atoms with van der Waals surface area (Å²) in [6.07, 6.45) is 0. The second-order valence-electron chi connectivity index (χ2n) is 4.82. The molecule has 0 atom stereocenters. The molecule has 0 aliphatic carbocycles. The number of aromatic nitrogens is 1.